The monoisotopic (exact) mass is 235 g/mol. The van der Waals surface area contributed by atoms with Gasteiger partial charge in [-0.1, -0.05) is 0 Å². The van der Waals surface area contributed by atoms with E-state index in [1.54, 1.807) is 6.33 Å². The molecule has 0 amide bonds. The molecule has 0 aliphatic carbocycles. The van der Waals surface area contributed by atoms with E-state index in [0.29, 0.717) is 0 Å². The van der Waals surface area contributed by atoms with Crippen molar-refractivity contribution >= 4 is 11.6 Å². The maximum Gasteiger partial charge on any atom is 0.133 e. The van der Waals surface area contributed by atoms with E-state index in [1.807, 2.05) is 6.07 Å². The molecule has 1 aliphatic rings. The summed E-state index contributed by atoms with van der Waals surface area (Å²) in [7, 11) is 2.09. The Morgan fingerprint density at radius 3 is 3.12 bits per heavy atom. The third-order valence-corrected chi connectivity index (χ3v) is 3.10. The Labute approximate surface area is 103 Å². The van der Waals surface area contributed by atoms with Crippen molar-refractivity contribution in [2.24, 2.45) is 5.92 Å². The van der Waals surface area contributed by atoms with Crippen molar-refractivity contribution in [1.82, 2.24) is 15.3 Å². The van der Waals surface area contributed by atoms with E-state index in [4.69, 9.17) is 0 Å². The summed E-state index contributed by atoms with van der Waals surface area (Å²) >= 11 is 0. The van der Waals surface area contributed by atoms with E-state index in [0.717, 1.165) is 43.7 Å². The smallest absolute Gasteiger partial charge is 0.133 e. The molecule has 1 fully saturated rings. The quantitative estimate of drug-likeness (QED) is 0.796. The van der Waals surface area contributed by atoms with Crippen molar-refractivity contribution in [3.8, 4) is 0 Å². The van der Waals surface area contributed by atoms with Crippen molar-refractivity contribution in [3.05, 3.63) is 12.4 Å². The molecular formula is C12H21N5. The number of nitrogens with one attached hydrogen (secondary N) is 2. The number of aromatic nitrogens is 2. The summed E-state index contributed by atoms with van der Waals surface area (Å²) in [6, 6.07) is 2.01. The van der Waals surface area contributed by atoms with Gasteiger partial charge in [-0.25, -0.2) is 9.97 Å². The normalized spacial score (nSPS) is 19.3. The Bertz CT molecular complexity index is 349. The van der Waals surface area contributed by atoms with Gasteiger partial charge < -0.3 is 15.5 Å². The van der Waals surface area contributed by atoms with Gasteiger partial charge in [0.15, 0.2) is 0 Å². The minimum Gasteiger partial charge on any atom is -0.370 e. The van der Waals surface area contributed by atoms with Gasteiger partial charge in [0, 0.05) is 26.2 Å². The molecule has 1 unspecified atom stereocenters. The van der Waals surface area contributed by atoms with Gasteiger partial charge >= 0.3 is 0 Å². The molecule has 5 heteroatoms. The van der Waals surface area contributed by atoms with Gasteiger partial charge in [-0.15, -0.1) is 0 Å². The SMILES string of the molecule is CCNc1cc(N(C)CC2CCNC2)ncn1. The van der Waals surface area contributed by atoms with Gasteiger partial charge in [0.25, 0.3) is 0 Å². The molecule has 1 atom stereocenters. The molecule has 1 saturated heterocycles. The van der Waals surface area contributed by atoms with Crippen LogP contribution in [0, 0.1) is 5.92 Å². The Balaban J connectivity index is 1.97. The highest BCUT2D eigenvalue weighted by molar-refractivity contribution is 5.47. The molecular weight excluding hydrogens is 214 g/mol. The number of nitrogens with zero attached hydrogens (tertiary/aromatic N) is 3. The van der Waals surface area contributed by atoms with Crippen LogP contribution in [0.25, 0.3) is 0 Å². The highest BCUT2D eigenvalue weighted by Gasteiger charge is 2.17. The first-order valence-electron chi connectivity index (χ1n) is 6.27. The molecule has 2 heterocycles. The Morgan fingerprint density at radius 1 is 1.53 bits per heavy atom. The zero-order valence-corrected chi connectivity index (χ0v) is 10.6. The van der Waals surface area contributed by atoms with Crippen LogP contribution in [0.4, 0.5) is 11.6 Å². The molecule has 0 bridgehead atoms. The van der Waals surface area contributed by atoms with E-state index < -0.39 is 0 Å². The van der Waals surface area contributed by atoms with E-state index >= 15 is 0 Å². The van der Waals surface area contributed by atoms with Gasteiger partial charge in [0.05, 0.1) is 0 Å². The van der Waals surface area contributed by atoms with Crippen molar-refractivity contribution in [3.63, 3.8) is 0 Å². The first-order chi connectivity index (χ1) is 8.29. The molecule has 17 heavy (non-hydrogen) atoms. The first-order valence-corrected chi connectivity index (χ1v) is 6.27. The number of anilines is 2. The molecule has 0 saturated carbocycles. The molecule has 2 N–H and O–H groups in total. The average molecular weight is 235 g/mol. The standard InChI is InChI=1S/C12H21N5/c1-3-14-11-6-12(16-9-15-11)17(2)8-10-4-5-13-7-10/h6,9-10,13H,3-5,7-8H2,1-2H3,(H,14,15,16). The van der Waals surface area contributed by atoms with Crippen molar-refractivity contribution in [2.45, 2.75) is 13.3 Å². The van der Waals surface area contributed by atoms with Crippen LogP contribution in [0.1, 0.15) is 13.3 Å². The van der Waals surface area contributed by atoms with E-state index in [9.17, 15) is 0 Å². The lowest BCUT2D eigenvalue weighted by Crippen LogP contribution is -2.27. The second kappa shape index (κ2) is 5.82. The Hall–Kier alpha value is -1.36. The largest absolute Gasteiger partial charge is 0.370 e. The molecule has 94 valence electrons. The fourth-order valence-corrected chi connectivity index (χ4v) is 2.18. The van der Waals surface area contributed by atoms with Crippen LogP contribution >= 0.6 is 0 Å². The predicted molar refractivity (Wildman–Crippen MR) is 70.4 cm³/mol. The summed E-state index contributed by atoms with van der Waals surface area (Å²) in [5, 5.41) is 6.60. The summed E-state index contributed by atoms with van der Waals surface area (Å²) < 4.78 is 0. The second-order valence-corrected chi connectivity index (χ2v) is 4.53. The minimum atomic E-state index is 0.734. The average Bonchev–Trinajstić information content (AvgIpc) is 2.83. The van der Waals surface area contributed by atoms with Crippen LogP contribution in [0.15, 0.2) is 12.4 Å². The topological polar surface area (TPSA) is 53.1 Å². The van der Waals surface area contributed by atoms with Crippen molar-refractivity contribution in [1.29, 1.82) is 0 Å². The zero-order chi connectivity index (χ0) is 12.1. The molecule has 2 rings (SSSR count). The van der Waals surface area contributed by atoms with Gasteiger partial charge in [-0.2, -0.15) is 0 Å². The summed E-state index contributed by atoms with van der Waals surface area (Å²) in [5.74, 6) is 2.62. The van der Waals surface area contributed by atoms with Gasteiger partial charge in [-0.3, -0.25) is 0 Å². The van der Waals surface area contributed by atoms with Crippen LogP contribution in [-0.2, 0) is 0 Å². The maximum absolute atomic E-state index is 4.32. The molecule has 1 aromatic heterocycles. The van der Waals surface area contributed by atoms with Crippen LogP contribution < -0.4 is 15.5 Å². The van der Waals surface area contributed by atoms with Crippen molar-refractivity contribution in [2.75, 3.05) is 43.4 Å². The van der Waals surface area contributed by atoms with Gasteiger partial charge in [0.1, 0.15) is 18.0 Å². The Morgan fingerprint density at radius 2 is 2.41 bits per heavy atom. The highest BCUT2D eigenvalue weighted by Crippen LogP contribution is 2.16. The first kappa shape index (κ1) is 12.1. The fourth-order valence-electron chi connectivity index (χ4n) is 2.18. The molecule has 1 aromatic rings. The predicted octanol–water partition coefficient (Wildman–Crippen LogP) is 0.954. The summed E-state index contributed by atoms with van der Waals surface area (Å²) in [6.07, 6.45) is 2.88. The summed E-state index contributed by atoms with van der Waals surface area (Å²) in [6.45, 7) is 6.26. The van der Waals surface area contributed by atoms with Crippen LogP contribution in [0.5, 0.6) is 0 Å². The van der Waals surface area contributed by atoms with Gasteiger partial charge in [-0.05, 0) is 32.4 Å². The summed E-state index contributed by atoms with van der Waals surface area (Å²) in [5.41, 5.74) is 0. The lowest BCUT2D eigenvalue weighted by molar-refractivity contribution is 0.575. The zero-order valence-electron chi connectivity index (χ0n) is 10.6. The number of hydrogen-bond acceptors (Lipinski definition) is 5. The van der Waals surface area contributed by atoms with Crippen molar-refractivity contribution < 1.29 is 0 Å². The lowest BCUT2D eigenvalue weighted by Gasteiger charge is -2.21. The molecule has 0 aromatic carbocycles. The van der Waals surface area contributed by atoms with Gasteiger partial charge in [0.2, 0.25) is 0 Å². The minimum absolute atomic E-state index is 0.734. The van der Waals surface area contributed by atoms with E-state index in [1.165, 1.54) is 6.42 Å². The van der Waals surface area contributed by atoms with Crippen LogP contribution in [-0.4, -0.2) is 43.2 Å². The molecule has 0 spiro atoms. The third-order valence-electron chi connectivity index (χ3n) is 3.10. The molecule has 1 aliphatic heterocycles. The van der Waals surface area contributed by atoms with Crippen LogP contribution in [0.3, 0.4) is 0 Å². The fraction of sp³-hybridized carbons (Fsp3) is 0.667. The number of hydrogen-bond donors (Lipinski definition) is 2. The molecule has 0 radical (unpaired) electrons. The third kappa shape index (κ3) is 3.30. The number of rotatable bonds is 5. The van der Waals surface area contributed by atoms with Crippen LogP contribution in [0.2, 0.25) is 0 Å². The maximum atomic E-state index is 4.32. The van der Waals surface area contributed by atoms with E-state index in [-0.39, 0.29) is 0 Å². The highest BCUT2D eigenvalue weighted by atomic mass is 15.2. The molecule has 5 nitrogen and oxygen atoms in total. The summed E-state index contributed by atoms with van der Waals surface area (Å²) in [4.78, 5) is 10.7. The van der Waals surface area contributed by atoms with E-state index in [2.05, 4.69) is 39.5 Å². The Kier molecular flexibility index (Phi) is 4.14. The lowest BCUT2D eigenvalue weighted by atomic mass is 10.1. The second-order valence-electron chi connectivity index (χ2n) is 4.53.